The molecule has 0 spiro atoms. The van der Waals surface area contributed by atoms with E-state index in [-0.39, 0.29) is 11.3 Å². The van der Waals surface area contributed by atoms with Gasteiger partial charge in [-0.1, -0.05) is 60.1 Å². The number of benzene rings is 3. The Labute approximate surface area is 182 Å². The molecule has 4 aromatic rings. The molecule has 0 bridgehead atoms. The maximum atomic E-state index is 12.9. The maximum Gasteiger partial charge on any atom is 0.278 e. The molecule has 3 aromatic carbocycles. The highest BCUT2D eigenvalue weighted by molar-refractivity contribution is 6.33. The molecular weight excluding hydrogens is 416 g/mol. The number of amides is 1. The lowest BCUT2D eigenvalue weighted by Gasteiger charge is -2.10. The van der Waals surface area contributed by atoms with Crippen molar-refractivity contribution in [3.8, 4) is 11.3 Å². The Balaban J connectivity index is 1.70. The van der Waals surface area contributed by atoms with Crippen LogP contribution in [-0.4, -0.2) is 22.0 Å². The molecule has 31 heavy (non-hydrogen) atoms. The van der Waals surface area contributed by atoms with Gasteiger partial charge >= 0.3 is 0 Å². The van der Waals surface area contributed by atoms with E-state index in [1.807, 2.05) is 36.4 Å². The van der Waals surface area contributed by atoms with Crippen LogP contribution >= 0.6 is 11.6 Å². The van der Waals surface area contributed by atoms with Gasteiger partial charge in [-0.2, -0.15) is 5.10 Å². The van der Waals surface area contributed by atoms with Crippen LogP contribution in [0.3, 0.4) is 0 Å². The van der Waals surface area contributed by atoms with Crippen LogP contribution in [0.25, 0.3) is 22.2 Å². The number of halogens is 1. The minimum atomic E-state index is -0.505. The van der Waals surface area contributed by atoms with Crippen LogP contribution < -0.4 is 5.43 Å². The summed E-state index contributed by atoms with van der Waals surface area (Å²) >= 11 is 6.31. The number of nitro groups is 1. The number of carbonyl (C=O) groups excluding carboxylic acids is 1. The van der Waals surface area contributed by atoms with E-state index in [2.05, 4.69) is 15.5 Å². The zero-order valence-corrected chi connectivity index (χ0v) is 16.8. The van der Waals surface area contributed by atoms with E-state index in [1.165, 1.54) is 12.3 Å². The van der Waals surface area contributed by atoms with E-state index in [0.29, 0.717) is 32.7 Å². The smallest absolute Gasteiger partial charge is 0.267 e. The number of nitrogens with zero attached hydrogens (tertiary/aromatic N) is 3. The lowest BCUT2D eigenvalue weighted by atomic mass is 10.0. The van der Waals surface area contributed by atoms with Crippen molar-refractivity contribution in [3.05, 3.63) is 105 Å². The quantitative estimate of drug-likeness (QED) is 0.266. The van der Waals surface area contributed by atoms with Crippen LogP contribution in [-0.2, 0) is 0 Å². The van der Waals surface area contributed by atoms with Gasteiger partial charge in [-0.05, 0) is 24.3 Å². The van der Waals surface area contributed by atoms with Crippen LogP contribution in [0.5, 0.6) is 0 Å². The molecule has 0 aliphatic rings. The molecule has 4 rings (SSSR count). The molecule has 152 valence electrons. The molecule has 0 unspecified atom stereocenters. The zero-order valence-electron chi connectivity index (χ0n) is 16.0. The van der Waals surface area contributed by atoms with Gasteiger partial charge in [-0.15, -0.1) is 0 Å². The molecule has 1 aromatic heterocycles. The van der Waals surface area contributed by atoms with Crippen molar-refractivity contribution in [2.24, 2.45) is 5.10 Å². The van der Waals surface area contributed by atoms with Crippen LogP contribution in [0.4, 0.5) is 5.69 Å². The molecule has 1 heterocycles. The number of nitro benzene ring substituents is 1. The molecule has 0 radical (unpaired) electrons. The number of fused-ring (bicyclic) bond motifs is 1. The van der Waals surface area contributed by atoms with Gasteiger partial charge in [0.15, 0.2) is 0 Å². The number of pyridine rings is 1. The van der Waals surface area contributed by atoms with Crippen molar-refractivity contribution in [1.29, 1.82) is 0 Å². The van der Waals surface area contributed by atoms with Crippen molar-refractivity contribution in [3.63, 3.8) is 0 Å². The van der Waals surface area contributed by atoms with Crippen molar-refractivity contribution in [2.45, 2.75) is 0 Å². The molecule has 1 amide bonds. The third-order valence-electron chi connectivity index (χ3n) is 4.61. The highest BCUT2D eigenvalue weighted by Gasteiger charge is 2.15. The number of para-hydroxylation sites is 2. The standard InChI is InChI=1S/C23H15ClN4O3/c24-19-10-4-2-9-17(19)21-13-18(16-8-3-5-11-20(16)26-21)23(29)27-25-14-15-7-1-6-12-22(15)28(30)31/h1-14H,(H,27,29)/b25-14+. The summed E-state index contributed by atoms with van der Waals surface area (Å²) in [5, 5.41) is 16.2. The van der Waals surface area contributed by atoms with E-state index in [4.69, 9.17) is 11.6 Å². The molecule has 0 aliphatic carbocycles. The summed E-state index contributed by atoms with van der Waals surface area (Å²) in [6, 6.07) is 22.3. The highest BCUT2D eigenvalue weighted by Crippen LogP contribution is 2.29. The van der Waals surface area contributed by atoms with Gasteiger partial charge in [0.2, 0.25) is 0 Å². The molecule has 0 aliphatic heterocycles. The fourth-order valence-electron chi connectivity index (χ4n) is 3.15. The van der Waals surface area contributed by atoms with E-state index < -0.39 is 10.8 Å². The van der Waals surface area contributed by atoms with Crippen molar-refractivity contribution >= 4 is 40.3 Å². The van der Waals surface area contributed by atoms with Gasteiger partial charge < -0.3 is 0 Å². The van der Waals surface area contributed by atoms with Gasteiger partial charge in [0, 0.05) is 22.0 Å². The number of carbonyl (C=O) groups is 1. The summed E-state index contributed by atoms with van der Waals surface area (Å²) in [4.78, 5) is 28.2. The SMILES string of the molecule is O=C(N/N=C/c1ccccc1[N+](=O)[O-])c1cc(-c2ccccc2Cl)nc2ccccc12. The third kappa shape index (κ3) is 4.26. The van der Waals surface area contributed by atoms with Crippen LogP contribution in [0.15, 0.2) is 84.0 Å². The topological polar surface area (TPSA) is 97.5 Å². The first-order valence-corrected chi connectivity index (χ1v) is 9.64. The normalized spacial score (nSPS) is 11.0. The van der Waals surface area contributed by atoms with Crippen molar-refractivity contribution in [2.75, 3.05) is 0 Å². The van der Waals surface area contributed by atoms with E-state index in [0.717, 1.165) is 0 Å². The molecule has 0 fully saturated rings. The predicted molar refractivity (Wildman–Crippen MR) is 120 cm³/mol. The lowest BCUT2D eigenvalue weighted by Crippen LogP contribution is -2.18. The predicted octanol–water partition coefficient (Wildman–Crippen LogP) is 5.23. The number of rotatable bonds is 5. The average molecular weight is 431 g/mol. The Bertz CT molecular complexity index is 1340. The summed E-state index contributed by atoms with van der Waals surface area (Å²) in [5.74, 6) is -0.471. The van der Waals surface area contributed by atoms with Gasteiger partial charge in [-0.25, -0.2) is 10.4 Å². The first kappa shape index (κ1) is 20.2. The van der Waals surface area contributed by atoms with E-state index in [1.54, 1.807) is 36.4 Å². The minimum absolute atomic E-state index is 0.101. The van der Waals surface area contributed by atoms with Crippen LogP contribution in [0.1, 0.15) is 15.9 Å². The third-order valence-corrected chi connectivity index (χ3v) is 4.94. The molecule has 1 N–H and O–H groups in total. The first-order valence-electron chi connectivity index (χ1n) is 9.26. The van der Waals surface area contributed by atoms with Crippen LogP contribution in [0.2, 0.25) is 5.02 Å². The monoisotopic (exact) mass is 430 g/mol. The minimum Gasteiger partial charge on any atom is -0.267 e. The number of hydrazone groups is 1. The summed E-state index contributed by atoms with van der Waals surface area (Å²) in [5.41, 5.74) is 4.87. The second-order valence-corrected chi connectivity index (χ2v) is 6.97. The van der Waals surface area contributed by atoms with Crippen molar-refractivity contribution in [1.82, 2.24) is 10.4 Å². The summed E-state index contributed by atoms with van der Waals surface area (Å²) in [6.07, 6.45) is 1.24. The van der Waals surface area contributed by atoms with Crippen molar-refractivity contribution < 1.29 is 9.72 Å². The Morgan fingerprint density at radius 3 is 2.55 bits per heavy atom. The zero-order chi connectivity index (χ0) is 21.8. The fourth-order valence-corrected chi connectivity index (χ4v) is 3.39. The number of nitrogens with one attached hydrogen (secondary N) is 1. The molecule has 7 nitrogen and oxygen atoms in total. The number of hydrogen-bond donors (Lipinski definition) is 1. The highest BCUT2D eigenvalue weighted by atomic mass is 35.5. The maximum absolute atomic E-state index is 12.9. The van der Waals surface area contributed by atoms with E-state index >= 15 is 0 Å². The Kier molecular flexibility index (Phi) is 5.68. The van der Waals surface area contributed by atoms with Gasteiger partial charge in [-0.3, -0.25) is 14.9 Å². The number of hydrogen-bond acceptors (Lipinski definition) is 5. The molecule has 0 saturated carbocycles. The Hall–Kier alpha value is -4.10. The molecule has 8 heteroatoms. The lowest BCUT2D eigenvalue weighted by molar-refractivity contribution is -0.385. The largest absolute Gasteiger partial charge is 0.278 e. The molecule has 0 atom stereocenters. The summed E-state index contributed by atoms with van der Waals surface area (Å²) in [7, 11) is 0. The number of aromatic nitrogens is 1. The molecule has 0 saturated heterocycles. The van der Waals surface area contributed by atoms with Gasteiger partial charge in [0.25, 0.3) is 11.6 Å². The van der Waals surface area contributed by atoms with E-state index in [9.17, 15) is 14.9 Å². The molecular formula is C23H15ClN4O3. The fraction of sp³-hybridized carbons (Fsp3) is 0. The Morgan fingerprint density at radius 1 is 1.03 bits per heavy atom. The first-order chi connectivity index (χ1) is 15.0. The van der Waals surface area contributed by atoms with Gasteiger partial charge in [0.1, 0.15) is 0 Å². The van der Waals surface area contributed by atoms with Gasteiger partial charge in [0.05, 0.1) is 33.5 Å². The second kappa shape index (κ2) is 8.73. The Morgan fingerprint density at radius 2 is 1.74 bits per heavy atom. The second-order valence-electron chi connectivity index (χ2n) is 6.57. The average Bonchev–Trinajstić information content (AvgIpc) is 2.78. The summed E-state index contributed by atoms with van der Waals surface area (Å²) < 4.78 is 0. The summed E-state index contributed by atoms with van der Waals surface area (Å²) in [6.45, 7) is 0. The van der Waals surface area contributed by atoms with Crippen LogP contribution in [0, 0.1) is 10.1 Å².